The number of amides is 3. The number of urea groups is 1. The van der Waals surface area contributed by atoms with Crippen molar-refractivity contribution in [1.82, 2.24) is 10.2 Å². The van der Waals surface area contributed by atoms with Crippen molar-refractivity contribution in [1.29, 1.82) is 0 Å². The van der Waals surface area contributed by atoms with Gasteiger partial charge in [-0.2, -0.15) is 0 Å². The van der Waals surface area contributed by atoms with Crippen LogP contribution in [0.4, 0.5) is 4.79 Å². The zero-order chi connectivity index (χ0) is 17.5. The van der Waals surface area contributed by atoms with Crippen LogP contribution in [0.3, 0.4) is 0 Å². The van der Waals surface area contributed by atoms with Crippen LogP contribution in [0, 0.1) is 0 Å². The molecule has 0 unspecified atom stereocenters. The monoisotopic (exact) mass is 426 g/mol. The average molecular weight is 428 g/mol. The number of rotatable bonds is 3. The summed E-state index contributed by atoms with van der Waals surface area (Å²) in [5.74, 6) is -0.346. The molecule has 24 heavy (non-hydrogen) atoms. The van der Waals surface area contributed by atoms with Gasteiger partial charge < -0.3 is 5.32 Å². The van der Waals surface area contributed by atoms with Crippen molar-refractivity contribution in [2.45, 2.75) is 19.0 Å². The fourth-order valence-corrected chi connectivity index (χ4v) is 3.59. The maximum Gasteiger partial charge on any atom is 0.325 e. The predicted octanol–water partition coefficient (Wildman–Crippen LogP) is 4.72. The molecule has 4 nitrogen and oxygen atoms in total. The Balaban J connectivity index is 1.95. The summed E-state index contributed by atoms with van der Waals surface area (Å²) in [5, 5.41) is 3.60. The summed E-state index contributed by atoms with van der Waals surface area (Å²) >= 11 is 15.7. The van der Waals surface area contributed by atoms with Crippen LogP contribution >= 0.6 is 39.1 Å². The molecule has 0 aromatic heterocycles. The number of halogens is 3. The molecule has 1 fully saturated rings. The molecule has 0 bridgehead atoms. The Morgan fingerprint density at radius 2 is 1.75 bits per heavy atom. The van der Waals surface area contributed by atoms with E-state index in [1.807, 2.05) is 18.2 Å². The summed E-state index contributed by atoms with van der Waals surface area (Å²) in [7, 11) is 0. The average Bonchev–Trinajstić information content (AvgIpc) is 2.75. The molecular weight excluding hydrogens is 415 g/mol. The van der Waals surface area contributed by atoms with Crippen molar-refractivity contribution in [2.24, 2.45) is 0 Å². The van der Waals surface area contributed by atoms with Gasteiger partial charge >= 0.3 is 6.03 Å². The third-order valence-corrected chi connectivity index (χ3v) is 5.26. The highest BCUT2D eigenvalue weighted by Crippen LogP contribution is 2.33. The minimum atomic E-state index is -1.13. The van der Waals surface area contributed by atoms with E-state index in [9.17, 15) is 9.59 Å². The lowest BCUT2D eigenvalue weighted by molar-refractivity contribution is -0.131. The normalized spacial score (nSPS) is 20.4. The van der Waals surface area contributed by atoms with Crippen LogP contribution in [0.25, 0.3) is 0 Å². The van der Waals surface area contributed by atoms with Crippen LogP contribution in [-0.4, -0.2) is 16.8 Å². The highest BCUT2D eigenvalue weighted by atomic mass is 79.9. The van der Waals surface area contributed by atoms with E-state index in [0.29, 0.717) is 21.2 Å². The lowest BCUT2D eigenvalue weighted by Gasteiger charge is -2.22. The molecule has 1 atom stereocenters. The third kappa shape index (κ3) is 2.92. The highest BCUT2D eigenvalue weighted by molar-refractivity contribution is 9.10. The molecule has 0 aliphatic carbocycles. The Hall–Kier alpha value is -1.56. The van der Waals surface area contributed by atoms with E-state index in [2.05, 4.69) is 21.2 Å². The first-order chi connectivity index (χ1) is 11.3. The molecule has 2 aromatic carbocycles. The first kappa shape index (κ1) is 17.3. The first-order valence-electron chi connectivity index (χ1n) is 7.16. The van der Waals surface area contributed by atoms with Gasteiger partial charge in [-0.15, -0.1) is 0 Å². The third-order valence-electron chi connectivity index (χ3n) is 4.05. The van der Waals surface area contributed by atoms with Gasteiger partial charge in [0.05, 0.1) is 6.54 Å². The van der Waals surface area contributed by atoms with Gasteiger partial charge in [-0.25, -0.2) is 4.79 Å². The van der Waals surface area contributed by atoms with Crippen molar-refractivity contribution in [3.63, 3.8) is 0 Å². The molecule has 0 radical (unpaired) electrons. The van der Waals surface area contributed by atoms with E-state index in [0.717, 1.165) is 9.37 Å². The van der Waals surface area contributed by atoms with Gasteiger partial charge in [-0.3, -0.25) is 9.69 Å². The van der Waals surface area contributed by atoms with Gasteiger partial charge in [0.25, 0.3) is 5.91 Å². The van der Waals surface area contributed by atoms with E-state index in [1.165, 1.54) is 0 Å². The van der Waals surface area contributed by atoms with Crippen molar-refractivity contribution < 1.29 is 9.59 Å². The Morgan fingerprint density at radius 3 is 2.38 bits per heavy atom. The summed E-state index contributed by atoms with van der Waals surface area (Å²) in [6.45, 7) is 1.70. The maximum absolute atomic E-state index is 12.9. The zero-order valence-electron chi connectivity index (χ0n) is 12.6. The summed E-state index contributed by atoms with van der Waals surface area (Å²) in [5.41, 5.74) is 0.111. The quantitative estimate of drug-likeness (QED) is 0.720. The van der Waals surface area contributed by atoms with Gasteiger partial charge in [-0.1, -0.05) is 57.3 Å². The fourth-order valence-electron chi connectivity index (χ4n) is 2.68. The first-order valence-corrected chi connectivity index (χ1v) is 8.71. The van der Waals surface area contributed by atoms with Gasteiger partial charge in [-0.05, 0) is 36.8 Å². The predicted molar refractivity (Wildman–Crippen MR) is 97.0 cm³/mol. The minimum Gasteiger partial charge on any atom is -0.319 e. The van der Waals surface area contributed by atoms with E-state index < -0.39 is 11.6 Å². The molecule has 3 rings (SSSR count). The number of hydrogen-bond donors (Lipinski definition) is 1. The van der Waals surface area contributed by atoms with Crippen LogP contribution in [-0.2, 0) is 16.9 Å². The van der Waals surface area contributed by atoms with Crippen LogP contribution in [0.5, 0.6) is 0 Å². The van der Waals surface area contributed by atoms with Crippen LogP contribution in [0.1, 0.15) is 18.1 Å². The molecule has 1 heterocycles. The van der Waals surface area contributed by atoms with Crippen molar-refractivity contribution in [2.75, 3.05) is 0 Å². The Morgan fingerprint density at radius 1 is 1.12 bits per heavy atom. The second kappa shape index (κ2) is 6.39. The van der Waals surface area contributed by atoms with E-state index in [-0.39, 0.29) is 12.5 Å². The number of imide groups is 1. The molecule has 1 aliphatic heterocycles. The van der Waals surface area contributed by atoms with Gasteiger partial charge in [0.15, 0.2) is 0 Å². The summed E-state index contributed by atoms with van der Waals surface area (Å²) < 4.78 is 0.830. The Labute approximate surface area is 157 Å². The number of nitrogens with one attached hydrogen (secondary N) is 1. The van der Waals surface area contributed by atoms with Gasteiger partial charge in [0, 0.05) is 20.1 Å². The van der Waals surface area contributed by atoms with Crippen LogP contribution in [0.2, 0.25) is 10.0 Å². The second-order valence-electron chi connectivity index (χ2n) is 5.66. The van der Waals surface area contributed by atoms with Crippen molar-refractivity contribution in [3.05, 3.63) is 68.1 Å². The Bertz CT molecular complexity index is 823. The molecule has 0 saturated carbocycles. The number of nitrogens with zero attached hydrogens (tertiary/aromatic N) is 1. The molecule has 3 amide bonds. The molecule has 1 N–H and O–H groups in total. The lowest BCUT2D eigenvalue weighted by Crippen LogP contribution is -2.40. The molecule has 0 spiro atoms. The standard InChI is InChI=1S/C17H13BrCl2N2O2/c1-17(10-4-2-5-11(18)8-10)15(23)22(16(24)21-17)9-12-13(19)6-3-7-14(12)20/h2-8H,9H2,1H3,(H,21,24)/t17-/m1/s1. The minimum absolute atomic E-state index is 0.0206. The maximum atomic E-state index is 12.9. The summed E-state index contributed by atoms with van der Waals surface area (Å²) in [6.07, 6.45) is 0. The van der Waals surface area contributed by atoms with E-state index in [4.69, 9.17) is 23.2 Å². The molecule has 124 valence electrons. The number of hydrogen-bond acceptors (Lipinski definition) is 2. The zero-order valence-corrected chi connectivity index (χ0v) is 15.7. The van der Waals surface area contributed by atoms with Crippen LogP contribution in [0.15, 0.2) is 46.9 Å². The SMILES string of the molecule is C[C@]1(c2cccc(Br)c2)NC(=O)N(Cc2c(Cl)cccc2Cl)C1=O. The number of benzene rings is 2. The highest BCUT2D eigenvalue weighted by Gasteiger charge is 2.49. The molecule has 1 saturated heterocycles. The molecule has 1 aliphatic rings. The Kier molecular flexibility index (Phi) is 4.60. The second-order valence-corrected chi connectivity index (χ2v) is 7.39. The number of carbonyl (C=O) groups is 2. The molecular formula is C17H13BrCl2N2O2. The van der Waals surface area contributed by atoms with Crippen molar-refractivity contribution in [3.8, 4) is 0 Å². The van der Waals surface area contributed by atoms with Gasteiger partial charge in [0.1, 0.15) is 5.54 Å². The smallest absolute Gasteiger partial charge is 0.319 e. The fraction of sp³-hybridized carbons (Fsp3) is 0.176. The molecule has 7 heteroatoms. The summed E-state index contributed by atoms with van der Waals surface area (Å²) in [6, 6.07) is 11.9. The van der Waals surface area contributed by atoms with E-state index in [1.54, 1.807) is 31.2 Å². The number of carbonyl (C=O) groups excluding carboxylic acids is 2. The van der Waals surface area contributed by atoms with Gasteiger partial charge in [0.2, 0.25) is 0 Å². The largest absolute Gasteiger partial charge is 0.325 e. The summed E-state index contributed by atoms with van der Waals surface area (Å²) in [4.78, 5) is 26.4. The molecule has 2 aromatic rings. The van der Waals surface area contributed by atoms with Crippen molar-refractivity contribution >= 4 is 51.1 Å². The van der Waals surface area contributed by atoms with E-state index >= 15 is 0 Å². The topological polar surface area (TPSA) is 49.4 Å². The lowest BCUT2D eigenvalue weighted by atomic mass is 9.92. The van der Waals surface area contributed by atoms with Crippen LogP contribution < -0.4 is 5.32 Å².